The minimum absolute atomic E-state index is 0.351. The number of para-hydroxylation sites is 1. The maximum atomic E-state index is 10.8. The average molecular weight is 250 g/mol. The molecular formula is C12H14N2O2S. The number of carboxylic acid groups (broad SMARTS) is 1. The molecule has 0 saturated carbocycles. The van der Waals surface area contributed by atoms with Crippen molar-refractivity contribution in [2.24, 2.45) is 5.73 Å². The predicted molar refractivity (Wildman–Crippen MR) is 70.2 cm³/mol. The number of fused-ring (bicyclic) bond motifs is 1. The van der Waals surface area contributed by atoms with Gasteiger partial charge in [-0.3, -0.25) is 8.77 Å². The summed E-state index contributed by atoms with van der Waals surface area (Å²) >= 11 is 1.58. The minimum atomic E-state index is -0.967. The molecule has 4 nitrogen and oxygen atoms in total. The number of benzene rings is 1. The summed E-state index contributed by atoms with van der Waals surface area (Å²) in [6, 6.07) is 7.07. The molecule has 1 heterocycles. The van der Waals surface area contributed by atoms with Crippen LogP contribution in [0.4, 0.5) is 0 Å². The fourth-order valence-electron chi connectivity index (χ4n) is 1.86. The lowest BCUT2D eigenvalue weighted by molar-refractivity contribution is -0.138. The Morgan fingerprint density at radius 3 is 2.88 bits per heavy atom. The first-order chi connectivity index (χ1) is 8.13. The molecule has 0 saturated heterocycles. The molecule has 0 bridgehead atoms. The quantitative estimate of drug-likeness (QED) is 0.867. The lowest BCUT2D eigenvalue weighted by Crippen LogP contribution is -2.32. The lowest BCUT2D eigenvalue weighted by Gasteiger charge is -2.04. The maximum absolute atomic E-state index is 10.8. The van der Waals surface area contributed by atoms with Crippen molar-refractivity contribution in [3.63, 3.8) is 0 Å². The fourth-order valence-corrected chi connectivity index (χ4v) is 2.44. The number of carboxylic acids is 1. The van der Waals surface area contributed by atoms with Crippen molar-refractivity contribution >= 4 is 28.8 Å². The summed E-state index contributed by atoms with van der Waals surface area (Å²) < 4.78 is 2.03. The van der Waals surface area contributed by atoms with Crippen LogP contribution < -0.4 is 5.73 Å². The van der Waals surface area contributed by atoms with Gasteiger partial charge in [-0.15, -0.1) is 0 Å². The molecule has 0 aliphatic carbocycles. The van der Waals surface area contributed by atoms with E-state index in [1.54, 1.807) is 11.9 Å². The van der Waals surface area contributed by atoms with Gasteiger partial charge in [-0.25, -0.2) is 0 Å². The molecule has 1 aromatic heterocycles. The smallest absolute Gasteiger partial charge is 0.320 e. The summed E-state index contributed by atoms with van der Waals surface area (Å²) in [7, 11) is 0. The summed E-state index contributed by atoms with van der Waals surface area (Å²) in [6.07, 6.45) is 4.29. The third-order valence-electron chi connectivity index (χ3n) is 2.71. The van der Waals surface area contributed by atoms with Crippen molar-refractivity contribution in [1.82, 2.24) is 3.97 Å². The number of nitrogens with zero attached hydrogens (tertiary/aromatic N) is 1. The Morgan fingerprint density at radius 1 is 1.53 bits per heavy atom. The summed E-state index contributed by atoms with van der Waals surface area (Å²) in [5.41, 5.74) is 7.64. The Kier molecular flexibility index (Phi) is 3.40. The highest BCUT2D eigenvalue weighted by Crippen LogP contribution is 2.25. The zero-order valence-corrected chi connectivity index (χ0v) is 10.3. The molecule has 1 aromatic carbocycles. The van der Waals surface area contributed by atoms with Crippen LogP contribution >= 0.6 is 11.9 Å². The van der Waals surface area contributed by atoms with Crippen LogP contribution in [0.1, 0.15) is 5.56 Å². The zero-order chi connectivity index (χ0) is 12.4. The number of nitrogens with two attached hydrogens (primary N) is 1. The number of hydrogen-bond donors (Lipinski definition) is 2. The molecule has 2 aromatic rings. The Balaban J connectivity index is 2.44. The van der Waals surface area contributed by atoms with Crippen LogP contribution in [0.2, 0.25) is 0 Å². The SMILES string of the molecule is CSn1cc(CC(N)C(=O)O)c2ccccc21. The van der Waals surface area contributed by atoms with E-state index in [4.69, 9.17) is 10.8 Å². The van der Waals surface area contributed by atoms with Gasteiger partial charge in [-0.2, -0.15) is 0 Å². The molecule has 0 aliphatic heterocycles. The zero-order valence-electron chi connectivity index (χ0n) is 9.46. The Bertz CT molecular complexity index is 550. The second-order valence-corrected chi connectivity index (χ2v) is 4.59. The monoisotopic (exact) mass is 250 g/mol. The molecule has 0 amide bonds. The Morgan fingerprint density at radius 2 is 2.24 bits per heavy atom. The van der Waals surface area contributed by atoms with E-state index in [0.29, 0.717) is 6.42 Å². The molecule has 5 heteroatoms. The lowest BCUT2D eigenvalue weighted by atomic mass is 10.1. The van der Waals surface area contributed by atoms with Crippen LogP contribution in [0.3, 0.4) is 0 Å². The standard InChI is InChI=1S/C12H14N2O2S/c1-17-14-7-8(6-10(13)12(15)16)9-4-2-3-5-11(9)14/h2-5,7,10H,6,13H2,1H3,(H,15,16). The van der Waals surface area contributed by atoms with Gasteiger partial charge in [0.2, 0.25) is 0 Å². The van der Waals surface area contributed by atoms with E-state index in [2.05, 4.69) is 0 Å². The number of rotatable bonds is 4. The van der Waals surface area contributed by atoms with Crippen LogP contribution in [-0.2, 0) is 11.2 Å². The minimum Gasteiger partial charge on any atom is -0.480 e. The van der Waals surface area contributed by atoms with Gasteiger partial charge in [0.25, 0.3) is 0 Å². The highest BCUT2D eigenvalue weighted by atomic mass is 32.2. The molecule has 3 N–H and O–H groups in total. The van der Waals surface area contributed by atoms with Crippen LogP contribution in [-0.4, -0.2) is 27.3 Å². The van der Waals surface area contributed by atoms with E-state index in [0.717, 1.165) is 16.5 Å². The summed E-state index contributed by atoms with van der Waals surface area (Å²) in [6.45, 7) is 0. The predicted octanol–water partition coefficient (Wildman–Crippen LogP) is 1.72. The highest BCUT2D eigenvalue weighted by molar-refractivity contribution is 7.97. The molecule has 1 atom stereocenters. The summed E-state index contributed by atoms with van der Waals surface area (Å²) in [5, 5.41) is 9.91. The van der Waals surface area contributed by atoms with Crippen LogP contribution in [0.5, 0.6) is 0 Å². The van der Waals surface area contributed by atoms with Gasteiger partial charge in [0.1, 0.15) is 6.04 Å². The van der Waals surface area contributed by atoms with Gasteiger partial charge in [0, 0.05) is 24.3 Å². The molecule has 1 unspecified atom stereocenters. The van der Waals surface area contributed by atoms with Crippen LogP contribution in [0, 0.1) is 0 Å². The van der Waals surface area contributed by atoms with Crippen molar-refractivity contribution in [2.75, 3.05) is 6.26 Å². The van der Waals surface area contributed by atoms with Gasteiger partial charge in [0.15, 0.2) is 0 Å². The van der Waals surface area contributed by atoms with E-state index < -0.39 is 12.0 Å². The Labute approximate surface area is 104 Å². The summed E-state index contributed by atoms with van der Waals surface area (Å²) in [5.74, 6) is -0.967. The normalized spacial score (nSPS) is 12.8. The van der Waals surface area contributed by atoms with Crippen molar-refractivity contribution in [3.8, 4) is 0 Å². The van der Waals surface area contributed by atoms with Gasteiger partial charge >= 0.3 is 5.97 Å². The van der Waals surface area contributed by atoms with E-state index in [1.807, 2.05) is 40.7 Å². The molecule has 2 rings (SSSR count). The average Bonchev–Trinajstić information content (AvgIpc) is 2.68. The van der Waals surface area contributed by atoms with Crippen LogP contribution in [0.15, 0.2) is 30.5 Å². The third kappa shape index (κ3) is 2.30. The van der Waals surface area contributed by atoms with Gasteiger partial charge < -0.3 is 10.8 Å². The van der Waals surface area contributed by atoms with Crippen molar-refractivity contribution in [3.05, 3.63) is 36.0 Å². The highest BCUT2D eigenvalue weighted by Gasteiger charge is 2.16. The van der Waals surface area contributed by atoms with Crippen molar-refractivity contribution < 1.29 is 9.90 Å². The van der Waals surface area contributed by atoms with E-state index in [1.165, 1.54) is 0 Å². The van der Waals surface area contributed by atoms with Crippen molar-refractivity contribution in [1.29, 1.82) is 0 Å². The number of carbonyl (C=O) groups is 1. The fraction of sp³-hybridized carbons (Fsp3) is 0.250. The van der Waals surface area contributed by atoms with Gasteiger partial charge in [0.05, 0.1) is 5.52 Å². The van der Waals surface area contributed by atoms with Gasteiger partial charge in [-0.1, -0.05) is 18.2 Å². The first-order valence-electron chi connectivity index (χ1n) is 5.25. The first-order valence-corrected chi connectivity index (χ1v) is 6.43. The molecule has 0 spiro atoms. The van der Waals surface area contributed by atoms with E-state index in [9.17, 15) is 4.79 Å². The molecular weight excluding hydrogens is 236 g/mol. The van der Waals surface area contributed by atoms with E-state index in [-0.39, 0.29) is 0 Å². The first kappa shape index (κ1) is 12.0. The second kappa shape index (κ2) is 4.81. The summed E-state index contributed by atoms with van der Waals surface area (Å²) in [4.78, 5) is 10.8. The third-order valence-corrected chi connectivity index (χ3v) is 3.41. The Hall–Kier alpha value is -1.46. The number of aliphatic carboxylic acids is 1. The second-order valence-electron chi connectivity index (χ2n) is 3.83. The topological polar surface area (TPSA) is 68.2 Å². The molecule has 17 heavy (non-hydrogen) atoms. The molecule has 90 valence electrons. The number of aromatic nitrogens is 1. The molecule has 0 aliphatic rings. The van der Waals surface area contributed by atoms with E-state index >= 15 is 0 Å². The number of hydrogen-bond acceptors (Lipinski definition) is 3. The molecule has 0 radical (unpaired) electrons. The van der Waals surface area contributed by atoms with Crippen LogP contribution in [0.25, 0.3) is 10.9 Å². The van der Waals surface area contributed by atoms with Crippen molar-refractivity contribution in [2.45, 2.75) is 12.5 Å². The largest absolute Gasteiger partial charge is 0.480 e. The molecule has 0 fully saturated rings. The maximum Gasteiger partial charge on any atom is 0.320 e. The van der Waals surface area contributed by atoms with Gasteiger partial charge in [-0.05, 0) is 23.6 Å².